The van der Waals surface area contributed by atoms with Crippen molar-refractivity contribution >= 4 is 28.3 Å². The fourth-order valence-corrected chi connectivity index (χ4v) is 2.34. The Labute approximate surface area is 117 Å². The Morgan fingerprint density at radius 2 is 1.95 bits per heavy atom. The number of nitro benzene ring substituents is 1. The summed E-state index contributed by atoms with van der Waals surface area (Å²) in [7, 11) is 0. The van der Waals surface area contributed by atoms with Crippen molar-refractivity contribution in [2.45, 2.75) is 0 Å². The zero-order valence-electron chi connectivity index (χ0n) is 10.0. The second-order valence-corrected chi connectivity index (χ2v) is 4.58. The van der Waals surface area contributed by atoms with Gasteiger partial charge in [-0.25, -0.2) is 4.79 Å². The molecule has 6 nitrogen and oxygen atoms in total. The van der Waals surface area contributed by atoms with Gasteiger partial charge < -0.3 is 4.98 Å². The molecule has 0 radical (unpaired) electrons. The molecule has 0 aliphatic carbocycles. The summed E-state index contributed by atoms with van der Waals surface area (Å²) in [4.78, 5) is 24.9. The third kappa shape index (κ3) is 1.86. The van der Waals surface area contributed by atoms with E-state index in [1.807, 2.05) is 0 Å². The number of aromatic amines is 1. The molecule has 0 spiro atoms. The molecule has 0 atom stereocenters. The van der Waals surface area contributed by atoms with Crippen molar-refractivity contribution < 1.29 is 4.92 Å². The van der Waals surface area contributed by atoms with Crippen molar-refractivity contribution in [3.8, 4) is 5.69 Å². The van der Waals surface area contributed by atoms with Crippen LogP contribution < -0.4 is 5.69 Å². The molecule has 1 aromatic heterocycles. The third-order valence-electron chi connectivity index (χ3n) is 2.97. The topological polar surface area (TPSA) is 80.9 Å². The number of halogens is 1. The number of non-ortho nitro benzene ring substituents is 1. The van der Waals surface area contributed by atoms with Crippen LogP contribution in [0.25, 0.3) is 16.7 Å². The first-order valence-corrected chi connectivity index (χ1v) is 6.10. The second kappa shape index (κ2) is 4.50. The maximum Gasteiger partial charge on any atom is 0.331 e. The Hall–Kier alpha value is -2.60. The van der Waals surface area contributed by atoms with Crippen LogP contribution in [-0.4, -0.2) is 14.5 Å². The van der Waals surface area contributed by atoms with E-state index < -0.39 is 4.92 Å². The first-order chi connectivity index (χ1) is 9.58. The molecule has 2 aromatic carbocycles. The maximum atomic E-state index is 12.0. The molecule has 0 saturated carbocycles. The highest BCUT2D eigenvalue weighted by atomic mass is 35.5. The van der Waals surface area contributed by atoms with E-state index in [-0.39, 0.29) is 16.4 Å². The van der Waals surface area contributed by atoms with Crippen molar-refractivity contribution in [1.29, 1.82) is 0 Å². The van der Waals surface area contributed by atoms with Gasteiger partial charge in [-0.05, 0) is 18.2 Å². The Morgan fingerprint density at radius 3 is 2.65 bits per heavy atom. The molecule has 3 aromatic rings. The lowest BCUT2D eigenvalue weighted by Crippen LogP contribution is -2.15. The number of aromatic nitrogens is 2. The molecule has 100 valence electrons. The van der Waals surface area contributed by atoms with Gasteiger partial charge in [0.1, 0.15) is 0 Å². The molecule has 0 unspecified atom stereocenters. The number of para-hydroxylation sites is 2. The molecule has 0 saturated heterocycles. The molecule has 1 N–H and O–H groups in total. The summed E-state index contributed by atoms with van der Waals surface area (Å²) in [5, 5.41) is 10.8. The highest BCUT2D eigenvalue weighted by Crippen LogP contribution is 2.26. The number of H-pyrrole nitrogens is 1. The second-order valence-electron chi connectivity index (χ2n) is 4.18. The van der Waals surface area contributed by atoms with Crippen LogP contribution in [0.15, 0.2) is 47.3 Å². The minimum absolute atomic E-state index is 0.119. The molecule has 0 fully saturated rings. The van der Waals surface area contributed by atoms with Crippen LogP contribution in [0.3, 0.4) is 0 Å². The summed E-state index contributed by atoms with van der Waals surface area (Å²) in [5.41, 5.74) is 1.27. The number of benzene rings is 2. The zero-order valence-corrected chi connectivity index (χ0v) is 10.8. The summed E-state index contributed by atoms with van der Waals surface area (Å²) < 4.78 is 1.39. The van der Waals surface area contributed by atoms with Crippen LogP contribution in [-0.2, 0) is 0 Å². The van der Waals surface area contributed by atoms with Gasteiger partial charge in [-0.2, -0.15) is 0 Å². The number of hydrogen-bond acceptors (Lipinski definition) is 3. The SMILES string of the molecule is O=c1[nH]c2ccccc2n1-c1ccc([N+](=O)[O-])cc1Cl. The van der Waals surface area contributed by atoms with Crippen LogP contribution in [0.2, 0.25) is 5.02 Å². The molecular weight excluding hydrogens is 282 g/mol. The van der Waals surface area contributed by atoms with Gasteiger partial charge in [-0.3, -0.25) is 14.7 Å². The van der Waals surface area contributed by atoms with Gasteiger partial charge in [0.2, 0.25) is 0 Å². The van der Waals surface area contributed by atoms with Crippen LogP contribution in [0, 0.1) is 10.1 Å². The van der Waals surface area contributed by atoms with E-state index >= 15 is 0 Å². The molecule has 0 aliphatic rings. The average molecular weight is 290 g/mol. The lowest BCUT2D eigenvalue weighted by Gasteiger charge is -2.05. The van der Waals surface area contributed by atoms with E-state index in [1.54, 1.807) is 24.3 Å². The van der Waals surface area contributed by atoms with E-state index in [0.29, 0.717) is 16.7 Å². The highest BCUT2D eigenvalue weighted by Gasteiger charge is 2.14. The number of imidazole rings is 1. The van der Waals surface area contributed by atoms with E-state index in [9.17, 15) is 14.9 Å². The summed E-state index contributed by atoms with van der Waals surface area (Å²) in [5.74, 6) is 0. The number of nitrogens with one attached hydrogen (secondary N) is 1. The van der Waals surface area contributed by atoms with E-state index in [0.717, 1.165) is 0 Å². The number of hydrogen-bond donors (Lipinski definition) is 1. The van der Waals surface area contributed by atoms with Gasteiger partial charge >= 0.3 is 5.69 Å². The lowest BCUT2D eigenvalue weighted by atomic mass is 10.2. The Morgan fingerprint density at radius 1 is 1.20 bits per heavy atom. The summed E-state index contributed by atoms with van der Waals surface area (Å²) in [6, 6.07) is 11.1. The van der Waals surface area contributed by atoms with Crippen molar-refractivity contribution in [3.63, 3.8) is 0 Å². The lowest BCUT2D eigenvalue weighted by molar-refractivity contribution is -0.384. The summed E-state index contributed by atoms with van der Waals surface area (Å²) >= 11 is 6.06. The molecule has 20 heavy (non-hydrogen) atoms. The minimum Gasteiger partial charge on any atom is -0.305 e. The van der Waals surface area contributed by atoms with Gasteiger partial charge in [-0.1, -0.05) is 23.7 Å². The fraction of sp³-hybridized carbons (Fsp3) is 0. The maximum absolute atomic E-state index is 12.0. The van der Waals surface area contributed by atoms with Gasteiger partial charge in [0, 0.05) is 12.1 Å². The van der Waals surface area contributed by atoms with Crippen LogP contribution >= 0.6 is 11.6 Å². The Bertz CT molecular complexity index is 882. The third-order valence-corrected chi connectivity index (χ3v) is 3.28. The predicted octanol–water partition coefficient (Wildman–Crippen LogP) is 2.88. The van der Waals surface area contributed by atoms with Crippen LogP contribution in [0.4, 0.5) is 5.69 Å². The van der Waals surface area contributed by atoms with Crippen molar-refractivity contribution in [2.75, 3.05) is 0 Å². The highest BCUT2D eigenvalue weighted by molar-refractivity contribution is 6.32. The number of fused-ring (bicyclic) bond motifs is 1. The van der Waals surface area contributed by atoms with Crippen LogP contribution in [0.1, 0.15) is 0 Å². The normalized spacial score (nSPS) is 10.8. The quantitative estimate of drug-likeness (QED) is 0.582. The van der Waals surface area contributed by atoms with Crippen LogP contribution in [0.5, 0.6) is 0 Å². The molecular formula is C13H8ClN3O3. The standard InChI is InChI=1S/C13H8ClN3O3/c14-9-7-8(17(19)20)5-6-11(9)16-12-4-2-1-3-10(12)15-13(16)18/h1-7H,(H,15,18). The smallest absolute Gasteiger partial charge is 0.305 e. The predicted molar refractivity (Wildman–Crippen MR) is 75.6 cm³/mol. The van der Waals surface area contributed by atoms with Crippen molar-refractivity contribution in [1.82, 2.24) is 9.55 Å². The van der Waals surface area contributed by atoms with E-state index in [4.69, 9.17) is 11.6 Å². The molecule has 0 amide bonds. The van der Waals surface area contributed by atoms with E-state index in [1.165, 1.54) is 22.8 Å². The Kier molecular flexibility index (Phi) is 2.80. The minimum atomic E-state index is -0.534. The Balaban J connectivity index is 2.29. The monoisotopic (exact) mass is 289 g/mol. The number of rotatable bonds is 2. The fourth-order valence-electron chi connectivity index (χ4n) is 2.08. The average Bonchev–Trinajstić information content (AvgIpc) is 2.74. The van der Waals surface area contributed by atoms with Gasteiger partial charge in [0.05, 0.1) is 26.7 Å². The largest absolute Gasteiger partial charge is 0.331 e. The first-order valence-electron chi connectivity index (χ1n) is 5.72. The zero-order chi connectivity index (χ0) is 14.3. The van der Waals surface area contributed by atoms with Gasteiger partial charge in [-0.15, -0.1) is 0 Å². The first kappa shape index (κ1) is 12.4. The molecule has 1 heterocycles. The van der Waals surface area contributed by atoms with Gasteiger partial charge in [0.15, 0.2) is 0 Å². The molecule has 0 aliphatic heterocycles. The van der Waals surface area contributed by atoms with Crippen molar-refractivity contribution in [2.24, 2.45) is 0 Å². The molecule has 0 bridgehead atoms. The number of nitrogens with zero attached hydrogens (tertiary/aromatic N) is 2. The van der Waals surface area contributed by atoms with E-state index in [2.05, 4.69) is 4.98 Å². The number of nitro groups is 1. The summed E-state index contributed by atoms with van der Waals surface area (Å²) in [6.07, 6.45) is 0. The van der Waals surface area contributed by atoms with Crippen molar-refractivity contribution in [3.05, 3.63) is 68.1 Å². The summed E-state index contributed by atoms with van der Waals surface area (Å²) in [6.45, 7) is 0. The molecule has 3 rings (SSSR count). The molecule has 7 heteroatoms. The van der Waals surface area contributed by atoms with Gasteiger partial charge in [0.25, 0.3) is 5.69 Å².